The Morgan fingerprint density at radius 1 is 1.19 bits per heavy atom. The van der Waals surface area contributed by atoms with E-state index in [0.717, 1.165) is 22.3 Å². The van der Waals surface area contributed by atoms with E-state index in [9.17, 15) is 0 Å². The predicted molar refractivity (Wildman–Crippen MR) is 99.6 cm³/mol. The van der Waals surface area contributed by atoms with Gasteiger partial charge in [0.15, 0.2) is 0 Å². The van der Waals surface area contributed by atoms with Crippen LogP contribution < -0.4 is 5.32 Å². The van der Waals surface area contributed by atoms with Crippen molar-refractivity contribution in [1.82, 2.24) is 5.32 Å². The highest BCUT2D eigenvalue weighted by Gasteiger charge is 2.30. The second kappa shape index (κ2) is 9.12. The first kappa shape index (κ1) is 17.2. The monoisotopic (exact) mass is 323 g/mol. The van der Waals surface area contributed by atoms with Gasteiger partial charge < -0.3 is 5.32 Å². The molecule has 0 aliphatic carbocycles. The van der Waals surface area contributed by atoms with Crippen LogP contribution in [-0.4, -0.2) is 34.1 Å². The van der Waals surface area contributed by atoms with Crippen LogP contribution in [0, 0.1) is 0 Å². The quantitative estimate of drug-likeness (QED) is 0.787. The number of hydrogen-bond donors (Lipinski definition) is 1. The second-order valence-corrected chi connectivity index (χ2v) is 9.03. The lowest BCUT2D eigenvalue weighted by molar-refractivity contribution is 0.477. The number of aryl methyl sites for hydroxylation is 1. The molecule has 3 heteroatoms. The van der Waals surface area contributed by atoms with Crippen LogP contribution in [0.5, 0.6) is 0 Å². The normalized spacial score (nSPS) is 27.5. The molecule has 21 heavy (non-hydrogen) atoms. The third-order valence-electron chi connectivity index (χ3n) is 4.27. The van der Waals surface area contributed by atoms with Gasteiger partial charge in [-0.3, -0.25) is 0 Å². The maximum Gasteiger partial charge on any atom is 0.0295 e. The molecule has 1 aromatic rings. The van der Waals surface area contributed by atoms with Crippen molar-refractivity contribution in [3.05, 3.63) is 35.9 Å². The number of rotatable bonds is 7. The summed E-state index contributed by atoms with van der Waals surface area (Å²) in [4.78, 5) is 0. The van der Waals surface area contributed by atoms with Gasteiger partial charge in [0.1, 0.15) is 0 Å². The second-order valence-electron chi connectivity index (χ2n) is 6.00. The van der Waals surface area contributed by atoms with Crippen LogP contribution in [0.4, 0.5) is 0 Å². The molecule has 1 heterocycles. The first-order valence-corrected chi connectivity index (χ1v) is 10.2. The maximum atomic E-state index is 3.81. The SMILES string of the molecule is CCCNC(CCc1ccccc1)C1CSC(C)C(C)S1. The summed E-state index contributed by atoms with van der Waals surface area (Å²) in [6, 6.07) is 11.6. The van der Waals surface area contributed by atoms with E-state index in [-0.39, 0.29) is 0 Å². The third kappa shape index (κ3) is 5.54. The molecule has 1 aromatic carbocycles. The molecular weight excluding hydrogens is 294 g/mol. The zero-order chi connectivity index (χ0) is 15.1. The summed E-state index contributed by atoms with van der Waals surface area (Å²) in [5, 5.41) is 6.14. The lowest BCUT2D eigenvalue weighted by Gasteiger charge is -2.36. The molecule has 4 unspecified atom stereocenters. The topological polar surface area (TPSA) is 12.0 Å². The predicted octanol–water partition coefficient (Wildman–Crippen LogP) is 4.61. The molecular formula is C18H29NS2. The maximum absolute atomic E-state index is 3.81. The van der Waals surface area contributed by atoms with Crippen molar-refractivity contribution < 1.29 is 0 Å². The summed E-state index contributed by atoms with van der Waals surface area (Å²) in [6.07, 6.45) is 3.66. The highest BCUT2D eigenvalue weighted by molar-refractivity contribution is 8.07. The van der Waals surface area contributed by atoms with E-state index in [1.54, 1.807) is 0 Å². The standard InChI is InChI=1S/C18H29NS2/c1-4-12-19-17(11-10-16-8-6-5-7-9-16)18-13-20-14(2)15(3)21-18/h5-9,14-15,17-19H,4,10-13H2,1-3H3. The van der Waals surface area contributed by atoms with Gasteiger partial charge in [0, 0.05) is 27.5 Å². The van der Waals surface area contributed by atoms with E-state index in [1.165, 1.54) is 30.6 Å². The lowest BCUT2D eigenvalue weighted by atomic mass is 10.0. The van der Waals surface area contributed by atoms with E-state index in [2.05, 4.69) is 79.9 Å². The number of benzene rings is 1. The van der Waals surface area contributed by atoms with Crippen molar-refractivity contribution >= 4 is 23.5 Å². The van der Waals surface area contributed by atoms with E-state index < -0.39 is 0 Å². The fraction of sp³-hybridized carbons (Fsp3) is 0.667. The van der Waals surface area contributed by atoms with E-state index in [0.29, 0.717) is 6.04 Å². The van der Waals surface area contributed by atoms with Crippen molar-refractivity contribution in [2.45, 2.75) is 61.8 Å². The van der Waals surface area contributed by atoms with Crippen LogP contribution in [0.25, 0.3) is 0 Å². The van der Waals surface area contributed by atoms with Crippen molar-refractivity contribution in [3.8, 4) is 0 Å². The number of thioether (sulfide) groups is 2. The molecule has 2 rings (SSSR count). The minimum absolute atomic E-state index is 0.651. The van der Waals surface area contributed by atoms with E-state index >= 15 is 0 Å². The number of hydrogen-bond acceptors (Lipinski definition) is 3. The molecule has 0 amide bonds. The third-order valence-corrected chi connectivity index (χ3v) is 7.82. The Balaban J connectivity index is 1.91. The van der Waals surface area contributed by atoms with Crippen LogP contribution >= 0.6 is 23.5 Å². The molecule has 1 fully saturated rings. The molecule has 0 saturated carbocycles. The minimum atomic E-state index is 0.651. The average molecular weight is 324 g/mol. The van der Waals surface area contributed by atoms with Gasteiger partial charge in [-0.1, -0.05) is 51.1 Å². The summed E-state index contributed by atoms with van der Waals surface area (Å²) < 4.78 is 0. The van der Waals surface area contributed by atoms with Gasteiger partial charge >= 0.3 is 0 Å². The molecule has 0 aromatic heterocycles. The molecule has 0 spiro atoms. The summed E-state index contributed by atoms with van der Waals surface area (Å²) in [5.74, 6) is 1.30. The molecule has 1 aliphatic rings. The van der Waals surface area contributed by atoms with Gasteiger partial charge in [-0.25, -0.2) is 0 Å². The van der Waals surface area contributed by atoms with Crippen molar-refractivity contribution in [2.24, 2.45) is 0 Å². The molecule has 118 valence electrons. The molecule has 0 radical (unpaired) electrons. The van der Waals surface area contributed by atoms with Crippen LogP contribution in [0.3, 0.4) is 0 Å². The van der Waals surface area contributed by atoms with E-state index in [1.807, 2.05) is 0 Å². The molecule has 4 atom stereocenters. The Kier molecular flexibility index (Phi) is 7.48. The first-order valence-electron chi connectivity index (χ1n) is 8.25. The Hall–Kier alpha value is -0.120. The summed E-state index contributed by atoms with van der Waals surface area (Å²) in [5.41, 5.74) is 1.47. The minimum Gasteiger partial charge on any atom is -0.313 e. The Labute approximate surface area is 139 Å². The zero-order valence-corrected chi connectivity index (χ0v) is 15.2. The molecule has 1 nitrogen and oxygen atoms in total. The van der Waals surface area contributed by atoms with Gasteiger partial charge in [0.2, 0.25) is 0 Å². The Morgan fingerprint density at radius 3 is 2.62 bits per heavy atom. The Morgan fingerprint density at radius 2 is 1.95 bits per heavy atom. The highest BCUT2D eigenvalue weighted by Crippen LogP contribution is 2.37. The van der Waals surface area contributed by atoms with Gasteiger partial charge in [-0.15, -0.1) is 0 Å². The van der Waals surface area contributed by atoms with Gasteiger partial charge in [0.25, 0.3) is 0 Å². The summed E-state index contributed by atoms with van der Waals surface area (Å²) >= 11 is 4.36. The van der Waals surface area contributed by atoms with Crippen LogP contribution in [0.2, 0.25) is 0 Å². The lowest BCUT2D eigenvalue weighted by Crippen LogP contribution is -2.43. The van der Waals surface area contributed by atoms with Crippen molar-refractivity contribution in [1.29, 1.82) is 0 Å². The van der Waals surface area contributed by atoms with Gasteiger partial charge in [0.05, 0.1) is 0 Å². The fourth-order valence-corrected chi connectivity index (χ4v) is 5.90. The highest BCUT2D eigenvalue weighted by atomic mass is 32.2. The van der Waals surface area contributed by atoms with E-state index in [4.69, 9.17) is 0 Å². The number of nitrogens with one attached hydrogen (secondary N) is 1. The average Bonchev–Trinajstić information content (AvgIpc) is 2.51. The van der Waals surface area contributed by atoms with Crippen LogP contribution in [-0.2, 0) is 6.42 Å². The van der Waals surface area contributed by atoms with Gasteiger partial charge in [-0.05, 0) is 31.4 Å². The van der Waals surface area contributed by atoms with Crippen LogP contribution in [0.1, 0.15) is 39.2 Å². The first-order chi connectivity index (χ1) is 10.2. The molecule has 1 aliphatic heterocycles. The summed E-state index contributed by atoms with van der Waals surface area (Å²) in [7, 11) is 0. The fourth-order valence-electron chi connectivity index (χ4n) is 2.73. The molecule has 1 N–H and O–H groups in total. The largest absolute Gasteiger partial charge is 0.313 e. The summed E-state index contributed by atoms with van der Waals surface area (Å²) in [6.45, 7) is 8.17. The smallest absolute Gasteiger partial charge is 0.0295 e. The Bertz CT molecular complexity index is 395. The van der Waals surface area contributed by atoms with Crippen LogP contribution in [0.15, 0.2) is 30.3 Å². The van der Waals surface area contributed by atoms with Gasteiger partial charge in [-0.2, -0.15) is 23.5 Å². The van der Waals surface area contributed by atoms with Crippen molar-refractivity contribution in [2.75, 3.05) is 12.3 Å². The zero-order valence-electron chi connectivity index (χ0n) is 13.5. The van der Waals surface area contributed by atoms with Crippen molar-refractivity contribution in [3.63, 3.8) is 0 Å². The molecule has 0 bridgehead atoms. The molecule has 1 saturated heterocycles.